The number of rotatable bonds is 13. The first-order valence-electron chi connectivity index (χ1n) is 22.7. The second-order valence-electron chi connectivity index (χ2n) is 17.8. The summed E-state index contributed by atoms with van der Waals surface area (Å²) in [6.07, 6.45) is 7.84. The lowest BCUT2D eigenvalue weighted by molar-refractivity contribution is -0.138. The second-order valence-corrected chi connectivity index (χ2v) is 17.8. The Morgan fingerprint density at radius 2 is 1.42 bits per heavy atom. The molecule has 3 aliphatic rings. The molecule has 1 aliphatic carbocycles. The number of hydrogen-bond acceptors (Lipinski definition) is 5. The van der Waals surface area contributed by atoms with Gasteiger partial charge in [0.1, 0.15) is 5.54 Å². The first-order valence-corrected chi connectivity index (χ1v) is 22.7. The molecule has 6 nitrogen and oxygen atoms in total. The minimum Gasteiger partial charge on any atom is -0.331 e. The van der Waals surface area contributed by atoms with Crippen LogP contribution < -0.4 is 4.90 Å². The van der Waals surface area contributed by atoms with Gasteiger partial charge in [-0.25, -0.2) is 0 Å². The van der Waals surface area contributed by atoms with E-state index in [2.05, 4.69) is 53.5 Å². The van der Waals surface area contributed by atoms with Gasteiger partial charge < -0.3 is 9.47 Å². The van der Waals surface area contributed by atoms with E-state index in [9.17, 15) is 36.9 Å². The van der Waals surface area contributed by atoms with Gasteiger partial charge in [-0.3, -0.25) is 9.98 Å². The topological polar surface area (TPSA) is 81.0 Å². The van der Waals surface area contributed by atoms with Crippen LogP contribution in [0.4, 0.5) is 37.7 Å². The summed E-state index contributed by atoms with van der Waals surface area (Å²) in [5.41, 5.74) is 8.52. The Bertz CT molecular complexity index is 3280. The lowest BCUT2D eigenvalue weighted by atomic mass is 9.80. The number of alkyl halides is 6. The standard InChI is InChI=1S/C57H46F6N6/c1-5-8-13-35-28-42(68-48-20-18-44(38-24-36(33-64)26-40(30-38)56(58,59)60)46(14-9-6-2)52(48)54-50(68)16-11-22-66-54)32-43(29-35)69-49-21-19-45(39-25-37(34-65)27-41(31-39)57(61,62)63)47(15-10-7-3)53(49)55(4)51(69)17-12-23-67-55/h5-7,11-12,16-17,19,21-32,51H,1-3,8-10,13-15,18,20H2,4H3. The van der Waals surface area contributed by atoms with Gasteiger partial charge in [0, 0.05) is 46.3 Å². The van der Waals surface area contributed by atoms with E-state index in [1.807, 2.05) is 55.5 Å². The van der Waals surface area contributed by atoms with Crippen LogP contribution in [-0.2, 0) is 37.2 Å². The molecule has 4 aromatic carbocycles. The molecular weight excluding hydrogens is 883 g/mol. The fraction of sp³-hybridized carbons (Fsp3) is 0.228. The summed E-state index contributed by atoms with van der Waals surface area (Å²) in [6.45, 7) is 14.0. The normalized spacial score (nSPS) is 17.3. The maximum atomic E-state index is 14.3. The third kappa shape index (κ3) is 8.28. The fourth-order valence-electron chi connectivity index (χ4n) is 10.6. The summed E-state index contributed by atoms with van der Waals surface area (Å²) >= 11 is 0. The molecule has 12 heteroatoms. The van der Waals surface area contributed by atoms with Crippen molar-refractivity contribution in [3.63, 3.8) is 0 Å². The number of aromatic nitrogens is 2. The number of fused-ring (bicyclic) bond motifs is 6. The predicted molar refractivity (Wildman–Crippen MR) is 261 cm³/mol. The largest absolute Gasteiger partial charge is 0.416 e. The molecule has 346 valence electrons. The van der Waals surface area contributed by atoms with Gasteiger partial charge in [0.25, 0.3) is 0 Å². The molecule has 9 rings (SSSR count). The number of nitriles is 2. The summed E-state index contributed by atoms with van der Waals surface area (Å²) in [7, 11) is 0. The summed E-state index contributed by atoms with van der Waals surface area (Å²) in [5.74, 6) is 0. The van der Waals surface area contributed by atoms with Crippen LogP contribution in [0.5, 0.6) is 0 Å². The molecule has 0 amide bonds. The van der Waals surface area contributed by atoms with Gasteiger partial charge in [-0.15, -0.1) is 19.7 Å². The minimum absolute atomic E-state index is 0.0726. The van der Waals surface area contributed by atoms with Crippen molar-refractivity contribution in [1.82, 2.24) is 9.55 Å². The van der Waals surface area contributed by atoms with Crippen LogP contribution in [0, 0.1) is 22.7 Å². The van der Waals surface area contributed by atoms with E-state index in [1.165, 1.54) is 12.1 Å². The quantitative estimate of drug-likeness (QED) is 0.0853. The van der Waals surface area contributed by atoms with Crippen molar-refractivity contribution in [3.05, 3.63) is 191 Å². The summed E-state index contributed by atoms with van der Waals surface area (Å²) in [5, 5.41) is 19.7. The van der Waals surface area contributed by atoms with Gasteiger partial charge in [-0.05, 0) is 176 Å². The molecule has 0 radical (unpaired) electrons. The van der Waals surface area contributed by atoms with Gasteiger partial charge >= 0.3 is 12.4 Å². The second kappa shape index (κ2) is 18.1. The molecule has 2 aliphatic heterocycles. The Morgan fingerprint density at radius 3 is 2.10 bits per heavy atom. The van der Waals surface area contributed by atoms with Gasteiger partial charge in [-0.1, -0.05) is 30.4 Å². The van der Waals surface area contributed by atoms with E-state index in [-0.39, 0.29) is 22.7 Å². The fourth-order valence-corrected chi connectivity index (χ4v) is 10.6. The van der Waals surface area contributed by atoms with E-state index in [0.717, 1.165) is 85.9 Å². The summed E-state index contributed by atoms with van der Waals surface area (Å²) in [6, 6.07) is 24.6. The number of hydrogen-bond donors (Lipinski definition) is 0. The molecule has 2 aromatic heterocycles. The van der Waals surface area contributed by atoms with Crippen molar-refractivity contribution in [1.29, 1.82) is 10.5 Å². The van der Waals surface area contributed by atoms with Crippen molar-refractivity contribution in [2.45, 2.75) is 82.2 Å². The Morgan fingerprint density at radius 1 is 0.768 bits per heavy atom. The molecule has 0 saturated heterocycles. The predicted octanol–water partition coefficient (Wildman–Crippen LogP) is 14.9. The molecule has 2 unspecified atom stereocenters. The number of anilines is 2. The van der Waals surface area contributed by atoms with Crippen LogP contribution in [0.25, 0.3) is 39.0 Å². The van der Waals surface area contributed by atoms with E-state index in [4.69, 9.17) is 9.98 Å². The number of pyridine rings is 1. The molecule has 4 heterocycles. The van der Waals surface area contributed by atoms with E-state index >= 15 is 0 Å². The maximum absolute atomic E-state index is 14.3. The van der Waals surface area contributed by atoms with Gasteiger partial charge in [0.15, 0.2) is 0 Å². The first-order chi connectivity index (χ1) is 33.1. The van der Waals surface area contributed by atoms with Gasteiger partial charge in [0.2, 0.25) is 0 Å². The molecule has 0 fully saturated rings. The molecule has 0 N–H and O–H groups in total. The highest BCUT2D eigenvalue weighted by Gasteiger charge is 2.50. The molecule has 0 saturated carbocycles. The smallest absolute Gasteiger partial charge is 0.331 e. The molecule has 6 aromatic rings. The molecule has 0 spiro atoms. The lowest BCUT2D eigenvalue weighted by Crippen LogP contribution is -2.40. The number of aliphatic imine (C=N–C) groups is 1. The number of dihydropyridines is 1. The van der Waals surface area contributed by atoms with E-state index < -0.39 is 29.0 Å². The minimum atomic E-state index is -4.67. The van der Waals surface area contributed by atoms with E-state index in [0.29, 0.717) is 68.0 Å². The number of nitrogens with zero attached hydrogens (tertiary/aromatic N) is 6. The van der Waals surface area contributed by atoms with Crippen molar-refractivity contribution in [3.8, 4) is 29.0 Å². The Labute approximate surface area is 396 Å². The highest BCUT2D eigenvalue weighted by molar-refractivity contribution is 6.03. The van der Waals surface area contributed by atoms with Crippen molar-refractivity contribution in [2.24, 2.45) is 4.99 Å². The third-order valence-corrected chi connectivity index (χ3v) is 13.5. The van der Waals surface area contributed by atoms with Gasteiger partial charge in [-0.2, -0.15) is 36.9 Å². The van der Waals surface area contributed by atoms with Crippen LogP contribution in [0.15, 0.2) is 140 Å². The number of benzene rings is 4. The lowest BCUT2D eigenvalue weighted by Gasteiger charge is -2.34. The Hall–Kier alpha value is -7.70. The third-order valence-electron chi connectivity index (χ3n) is 13.5. The zero-order valence-electron chi connectivity index (χ0n) is 37.9. The maximum Gasteiger partial charge on any atom is 0.416 e. The van der Waals surface area contributed by atoms with Crippen LogP contribution in [-0.4, -0.2) is 21.8 Å². The Kier molecular flexibility index (Phi) is 12.2. The average Bonchev–Trinajstić information content (AvgIpc) is 3.82. The molecule has 0 bridgehead atoms. The number of halogens is 6. The first kappa shape index (κ1) is 46.4. The average molecular weight is 929 g/mol. The molecule has 69 heavy (non-hydrogen) atoms. The highest BCUT2D eigenvalue weighted by atomic mass is 19.4. The monoisotopic (exact) mass is 928 g/mol. The van der Waals surface area contributed by atoms with Crippen molar-refractivity contribution >= 4 is 39.8 Å². The number of allylic oxidation sites excluding steroid dienone is 6. The Balaban J connectivity index is 1.28. The number of aryl methyl sites for hydroxylation is 1. The summed E-state index contributed by atoms with van der Waals surface area (Å²) in [4.78, 5) is 12.3. The highest BCUT2D eigenvalue weighted by Crippen LogP contribution is 2.55. The van der Waals surface area contributed by atoms with Gasteiger partial charge in [0.05, 0.1) is 51.5 Å². The summed E-state index contributed by atoms with van der Waals surface area (Å²) < 4.78 is 87.8. The van der Waals surface area contributed by atoms with Crippen molar-refractivity contribution in [2.75, 3.05) is 4.90 Å². The van der Waals surface area contributed by atoms with E-state index in [1.54, 1.807) is 24.6 Å². The van der Waals surface area contributed by atoms with Crippen molar-refractivity contribution < 1.29 is 26.3 Å². The van der Waals surface area contributed by atoms with Crippen LogP contribution in [0.2, 0.25) is 0 Å². The zero-order valence-corrected chi connectivity index (χ0v) is 37.9. The molecule has 2 atom stereocenters. The SMILES string of the molecule is C=CCCC1=C(c2cc(C#N)cc(C(F)(F)F)c2)CCc2c1c1ncccc1n2-c1cc(CCC=C)cc(N2c3ccc(-c4cc(C#N)cc(C(F)(F)F)c4)c(CCC=C)c3C3(C)N=CC=CC23)c1. The molecular formula is C57H46F6N6. The van der Waals surface area contributed by atoms with Crippen LogP contribution in [0.1, 0.15) is 94.8 Å². The van der Waals surface area contributed by atoms with Crippen LogP contribution >= 0.6 is 0 Å². The van der Waals surface area contributed by atoms with Crippen LogP contribution in [0.3, 0.4) is 0 Å². The zero-order chi connectivity index (χ0) is 48.8.